The Kier molecular flexibility index (Phi) is 5.53. The number of anilines is 2. The van der Waals surface area contributed by atoms with E-state index in [2.05, 4.69) is 28.2 Å². The summed E-state index contributed by atoms with van der Waals surface area (Å²) in [4.78, 5) is 20.7. The van der Waals surface area contributed by atoms with Crippen molar-refractivity contribution in [3.05, 3.63) is 53.9 Å². The number of carbonyl (C=O) groups is 1. The third-order valence-electron chi connectivity index (χ3n) is 4.83. The number of rotatable bonds is 5. The topological polar surface area (TPSA) is 48.5 Å². The lowest BCUT2D eigenvalue weighted by Crippen LogP contribution is -2.33. The molecule has 1 aromatic carbocycles. The van der Waals surface area contributed by atoms with Crippen molar-refractivity contribution < 1.29 is 4.79 Å². The minimum absolute atomic E-state index is 0.0734. The van der Waals surface area contributed by atoms with Gasteiger partial charge >= 0.3 is 6.03 Å². The summed E-state index contributed by atoms with van der Waals surface area (Å²) in [5.74, 6) is 0. The first-order chi connectivity index (χ1) is 12.1. The number of carbonyl (C=O) groups excluding carboxylic acids is 1. The van der Waals surface area contributed by atoms with E-state index >= 15 is 0 Å². The van der Waals surface area contributed by atoms with E-state index in [1.165, 1.54) is 24.1 Å². The smallest absolute Gasteiger partial charge is 0.321 e. The Morgan fingerprint density at radius 1 is 1.20 bits per heavy atom. The van der Waals surface area contributed by atoms with E-state index in [9.17, 15) is 4.79 Å². The number of likely N-dealkylation sites (N-methyl/N-ethyl adjacent to an activating group) is 1. The fourth-order valence-corrected chi connectivity index (χ4v) is 3.22. The molecule has 2 aromatic rings. The van der Waals surface area contributed by atoms with Gasteiger partial charge in [0.15, 0.2) is 0 Å². The normalized spacial score (nSPS) is 13.8. The summed E-state index contributed by atoms with van der Waals surface area (Å²) in [7, 11) is 1.83. The first-order valence-electron chi connectivity index (χ1n) is 8.91. The fraction of sp³-hybridized carbons (Fsp3) is 0.400. The molecule has 1 N–H and O–H groups in total. The summed E-state index contributed by atoms with van der Waals surface area (Å²) in [6.45, 7) is 4.95. The van der Waals surface area contributed by atoms with Crippen LogP contribution in [0, 0.1) is 6.92 Å². The Labute approximate surface area is 149 Å². The largest absolute Gasteiger partial charge is 0.371 e. The van der Waals surface area contributed by atoms with Crippen molar-refractivity contribution in [3.8, 4) is 0 Å². The minimum Gasteiger partial charge on any atom is -0.371 e. The number of hydrogen-bond donors (Lipinski definition) is 1. The Morgan fingerprint density at radius 2 is 1.92 bits per heavy atom. The molecule has 2 heterocycles. The summed E-state index contributed by atoms with van der Waals surface area (Å²) in [5, 5.41) is 3.06. The van der Waals surface area contributed by atoms with Gasteiger partial charge in [0.05, 0.1) is 0 Å². The van der Waals surface area contributed by atoms with Gasteiger partial charge in [0.1, 0.15) is 0 Å². The fourth-order valence-electron chi connectivity index (χ4n) is 3.22. The van der Waals surface area contributed by atoms with E-state index in [4.69, 9.17) is 0 Å². The lowest BCUT2D eigenvalue weighted by molar-refractivity contribution is 0.223. The minimum atomic E-state index is -0.0734. The SMILES string of the molecule is Cc1c(NC(=O)N(C)CCc2ccncc2)cccc1N1CCCC1. The molecule has 0 unspecified atom stereocenters. The van der Waals surface area contributed by atoms with Gasteiger partial charge < -0.3 is 15.1 Å². The van der Waals surface area contributed by atoms with Crippen LogP contribution in [0.2, 0.25) is 0 Å². The van der Waals surface area contributed by atoms with Crippen LogP contribution in [0.15, 0.2) is 42.7 Å². The zero-order chi connectivity index (χ0) is 17.6. The molecular weight excluding hydrogens is 312 g/mol. The van der Waals surface area contributed by atoms with Crippen molar-refractivity contribution in [2.45, 2.75) is 26.2 Å². The maximum absolute atomic E-state index is 12.5. The van der Waals surface area contributed by atoms with Crippen LogP contribution in [-0.2, 0) is 6.42 Å². The predicted molar refractivity (Wildman–Crippen MR) is 102 cm³/mol. The van der Waals surface area contributed by atoms with Crippen LogP contribution in [0.25, 0.3) is 0 Å². The van der Waals surface area contributed by atoms with E-state index < -0.39 is 0 Å². The summed E-state index contributed by atoms with van der Waals surface area (Å²) in [5.41, 5.74) is 4.45. The monoisotopic (exact) mass is 338 g/mol. The molecule has 1 saturated heterocycles. The zero-order valence-corrected chi connectivity index (χ0v) is 15.0. The lowest BCUT2D eigenvalue weighted by atomic mass is 10.1. The van der Waals surface area contributed by atoms with Gasteiger partial charge in [0.25, 0.3) is 0 Å². The maximum atomic E-state index is 12.5. The number of nitrogens with zero attached hydrogens (tertiary/aromatic N) is 3. The molecule has 1 aromatic heterocycles. The van der Waals surface area contributed by atoms with Crippen LogP contribution >= 0.6 is 0 Å². The molecule has 0 aliphatic carbocycles. The zero-order valence-electron chi connectivity index (χ0n) is 15.0. The molecular formula is C20H26N4O. The van der Waals surface area contributed by atoms with Crippen molar-refractivity contribution in [1.29, 1.82) is 0 Å². The van der Waals surface area contributed by atoms with Crippen molar-refractivity contribution >= 4 is 17.4 Å². The van der Waals surface area contributed by atoms with E-state index in [1.807, 2.05) is 31.3 Å². The highest BCUT2D eigenvalue weighted by Crippen LogP contribution is 2.29. The highest BCUT2D eigenvalue weighted by molar-refractivity contribution is 5.91. The van der Waals surface area contributed by atoms with Gasteiger partial charge in [-0.25, -0.2) is 4.79 Å². The summed E-state index contributed by atoms with van der Waals surface area (Å²) in [6, 6.07) is 10.0. The van der Waals surface area contributed by atoms with E-state index in [-0.39, 0.29) is 6.03 Å². The Hall–Kier alpha value is -2.56. The summed E-state index contributed by atoms with van der Waals surface area (Å²) >= 11 is 0. The van der Waals surface area contributed by atoms with Crippen LogP contribution in [0.1, 0.15) is 24.0 Å². The summed E-state index contributed by atoms with van der Waals surface area (Å²) in [6.07, 6.45) is 6.87. The van der Waals surface area contributed by atoms with Gasteiger partial charge in [-0.15, -0.1) is 0 Å². The number of aromatic nitrogens is 1. The number of pyridine rings is 1. The average Bonchev–Trinajstić information content (AvgIpc) is 3.16. The van der Waals surface area contributed by atoms with E-state index in [0.717, 1.165) is 30.8 Å². The molecule has 0 spiro atoms. The molecule has 1 aliphatic rings. The van der Waals surface area contributed by atoms with Crippen LogP contribution in [0.4, 0.5) is 16.2 Å². The number of urea groups is 1. The van der Waals surface area contributed by atoms with E-state index in [1.54, 1.807) is 17.3 Å². The van der Waals surface area contributed by atoms with Crippen LogP contribution < -0.4 is 10.2 Å². The average molecular weight is 338 g/mol. The molecule has 5 nitrogen and oxygen atoms in total. The number of nitrogens with one attached hydrogen (secondary N) is 1. The molecule has 0 bridgehead atoms. The van der Waals surface area contributed by atoms with Gasteiger partial charge in [-0.3, -0.25) is 4.98 Å². The predicted octanol–water partition coefficient (Wildman–Crippen LogP) is 3.70. The van der Waals surface area contributed by atoms with Gasteiger partial charge in [0.2, 0.25) is 0 Å². The van der Waals surface area contributed by atoms with E-state index in [0.29, 0.717) is 6.54 Å². The number of amides is 2. The van der Waals surface area contributed by atoms with Gasteiger partial charge in [-0.05, 0) is 61.6 Å². The molecule has 1 fully saturated rings. The first kappa shape index (κ1) is 17.3. The molecule has 1 aliphatic heterocycles. The standard InChI is InChI=1S/C20H26N4O/c1-16-18(6-5-7-19(16)24-13-3-4-14-24)22-20(25)23(2)15-10-17-8-11-21-12-9-17/h5-9,11-12H,3-4,10,13-15H2,1-2H3,(H,22,25). The third-order valence-corrected chi connectivity index (χ3v) is 4.83. The van der Waals surface area contributed by atoms with Crippen LogP contribution in [-0.4, -0.2) is 42.6 Å². The highest BCUT2D eigenvalue weighted by Gasteiger charge is 2.17. The second-order valence-corrected chi connectivity index (χ2v) is 6.60. The quantitative estimate of drug-likeness (QED) is 0.904. The summed E-state index contributed by atoms with van der Waals surface area (Å²) < 4.78 is 0. The van der Waals surface area contributed by atoms with Crippen LogP contribution in [0.3, 0.4) is 0 Å². The van der Waals surface area contributed by atoms with Crippen molar-refractivity contribution in [2.24, 2.45) is 0 Å². The molecule has 5 heteroatoms. The molecule has 132 valence electrons. The van der Waals surface area contributed by atoms with Crippen molar-refractivity contribution in [2.75, 3.05) is 36.9 Å². The van der Waals surface area contributed by atoms with Gasteiger partial charge in [-0.2, -0.15) is 0 Å². The molecule has 25 heavy (non-hydrogen) atoms. The van der Waals surface area contributed by atoms with Crippen LogP contribution in [0.5, 0.6) is 0 Å². The molecule has 0 atom stereocenters. The number of hydrogen-bond acceptors (Lipinski definition) is 3. The highest BCUT2D eigenvalue weighted by atomic mass is 16.2. The Bertz CT molecular complexity index is 711. The first-order valence-corrected chi connectivity index (χ1v) is 8.91. The number of benzene rings is 1. The van der Waals surface area contributed by atoms with Crippen molar-refractivity contribution in [1.82, 2.24) is 9.88 Å². The molecule has 0 radical (unpaired) electrons. The third kappa shape index (κ3) is 4.29. The Morgan fingerprint density at radius 3 is 2.64 bits per heavy atom. The van der Waals surface area contributed by atoms with Gasteiger partial charge in [0, 0.05) is 50.5 Å². The Balaban J connectivity index is 1.61. The lowest BCUT2D eigenvalue weighted by Gasteiger charge is -2.23. The second-order valence-electron chi connectivity index (χ2n) is 6.60. The maximum Gasteiger partial charge on any atom is 0.321 e. The van der Waals surface area contributed by atoms with Gasteiger partial charge in [-0.1, -0.05) is 6.07 Å². The van der Waals surface area contributed by atoms with Crippen molar-refractivity contribution in [3.63, 3.8) is 0 Å². The molecule has 0 saturated carbocycles. The molecule has 2 amide bonds. The molecule has 3 rings (SSSR count). The second kappa shape index (κ2) is 8.01.